The predicted molar refractivity (Wildman–Crippen MR) is 71.0 cm³/mol. The van der Waals surface area contributed by atoms with Gasteiger partial charge in [0.2, 0.25) is 0 Å². The molecule has 0 aromatic carbocycles. The molecule has 0 N–H and O–H groups in total. The molecule has 98 valence electrons. The summed E-state index contributed by atoms with van der Waals surface area (Å²) in [5.41, 5.74) is 0.436. The Morgan fingerprint density at radius 2 is 1.71 bits per heavy atom. The standard InChI is InChI=1S/C15H27NO/c1-14(2)9-10-16(11-14)12-15(13-17)7-5-3-4-6-8-15/h13H,3-12H2,1-2H3. The summed E-state index contributed by atoms with van der Waals surface area (Å²) < 4.78 is 0. The zero-order valence-corrected chi connectivity index (χ0v) is 11.5. The highest BCUT2D eigenvalue weighted by Gasteiger charge is 2.37. The van der Waals surface area contributed by atoms with Crippen LogP contribution in [0, 0.1) is 10.8 Å². The molecule has 0 atom stereocenters. The number of hydrogen-bond acceptors (Lipinski definition) is 2. The van der Waals surface area contributed by atoms with Crippen molar-refractivity contribution >= 4 is 6.29 Å². The van der Waals surface area contributed by atoms with Crippen molar-refractivity contribution in [1.82, 2.24) is 4.90 Å². The SMILES string of the molecule is CC1(C)CCN(CC2(C=O)CCCCCC2)C1. The van der Waals surface area contributed by atoms with E-state index in [2.05, 4.69) is 18.7 Å². The predicted octanol–water partition coefficient (Wildman–Crippen LogP) is 3.26. The van der Waals surface area contributed by atoms with E-state index in [-0.39, 0.29) is 5.41 Å². The molecule has 0 aromatic heterocycles. The molecular formula is C15H27NO. The average molecular weight is 237 g/mol. The quantitative estimate of drug-likeness (QED) is 0.555. The van der Waals surface area contributed by atoms with Crippen molar-refractivity contribution in [2.24, 2.45) is 10.8 Å². The van der Waals surface area contributed by atoms with Crippen LogP contribution in [0.5, 0.6) is 0 Å². The Bertz CT molecular complexity index is 264. The summed E-state index contributed by atoms with van der Waals surface area (Å²) in [7, 11) is 0. The van der Waals surface area contributed by atoms with Gasteiger partial charge in [-0.25, -0.2) is 0 Å². The van der Waals surface area contributed by atoms with Crippen molar-refractivity contribution in [1.29, 1.82) is 0 Å². The van der Waals surface area contributed by atoms with E-state index in [4.69, 9.17) is 0 Å². The van der Waals surface area contributed by atoms with Crippen LogP contribution in [0.1, 0.15) is 58.8 Å². The lowest BCUT2D eigenvalue weighted by Gasteiger charge is -2.32. The molecular weight excluding hydrogens is 210 g/mol. The van der Waals surface area contributed by atoms with E-state index in [1.165, 1.54) is 51.5 Å². The fourth-order valence-electron chi connectivity index (χ4n) is 3.55. The Hall–Kier alpha value is -0.370. The summed E-state index contributed by atoms with van der Waals surface area (Å²) in [5.74, 6) is 0. The summed E-state index contributed by atoms with van der Waals surface area (Å²) >= 11 is 0. The Morgan fingerprint density at radius 3 is 2.18 bits per heavy atom. The van der Waals surface area contributed by atoms with Crippen molar-refractivity contribution in [2.45, 2.75) is 58.8 Å². The zero-order valence-electron chi connectivity index (χ0n) is 11.5. The van der Waals surface area contributed by atoms with Gasteiger partial charge >= 0.3 is 0 Å². The number of hydrogen-bond donors (Lipinski definition) is 0. The monoisotopic (exact) mass is 237 g/mol. The fraction of sp³-hybridized carbons (Fsp3) is 0.933. The highest BCUT2D eigenvalue weighted by Crippen LogP contribution is 2.37. The molecule has 2 nitrogen and oxygen atoms in total. The first kappa shape index (κ1) is 13.1. The second-order valence-electron chi connectivity index (χ2n) is 7.02. The van der Waals surface area contributed by atoms with Crippen molar-refractivity contribution in [3.05, 3.63) is 0 Å². The third kappa shape index (κ3) is 3.31. The maximum absolute atomic E-state index is 11.6. The molecule has 2 rings (SSSR count). The van der Waals surface area contributed by atoms with Gasteiger partial charge in [-0.2, -0.15) is 0 Å². The van der Waals surface area contributed by atoms with Gasteiger partial charge in [0, 0.05) is 18.5 Å². The minimum absolute atomic E-state index is 0.0169. The largest absolute Gasteiger partial charge is 0.303 e. The van der Waals surface area contributed by atoms with Gasteiger partial charge in [0.15, 0.2) is 0 Å². The highest BCUT2D eigenvalue weighted by molar-refractivity contribution is 5.59. The molecule has 2 aliphatic rings. The topological polar surface area (TPSA) is 20.3 Å². The molecule has 0 unspecified atom stereocenters. The number of nitrogens with zero attached hydrogens (tertiary/aromatic N) is 1. The number of likely N-dealkylation sites (tertiary alicyclic amines) is 1. The average Bonchev–Trinajstić information content (AvgIpc) is 2.52. The smallest absolute Gasteiger partial charge is 0.127 e. The van der Waals surface area contributed by atoms with Crippen LogP contribution in [0.2, 0.25) is 0 Å². The molecule has 1 saturated carbocycles. The van der Waals surface area contributed by atoms with E-state index in [1.807, 2.05) is 0 Å². The second-order valence-corrected chi connectivity index (χ2v) is 7.02. The molecule has 1 aliphatic heterocycles. The van der Waals surface area contributed by atoms with E-state index in [9.17, 15) is 4.79 Å². The molecule has 0 bridgehead atoms. The number of aldehydes is 1. The van der Waals surface area contributed by atoms with Crippen molar-refractivity contribution in [3.63, 3.8) is 0 Å². The molecule has 1 saturated heterocycles. The van der Waals surface area contributed by atoms with Gasteiger partial charge in [-0.05, 0) is 31.2 Å². The number of rotatable bonds is 3. The van der Waals surface area contributed by atoms with Crippen molar-refractivity contribution in [2.75, 3.05) is 19.6 Å². The summed E-state index contributed by atoms with van der Waals surface area (Å²) in [5, 5.41) is 0. The van der Waals surface area contributed by atoms with Crippen LogP contribution in [0.25, 0.3) is 0 Å². The van der Waals surface area contributed by atoms with Gasteiger partial charge in [0.05, 0.1) is 0 Å². The normalized spacial score (nSPS) is 28.8. The van der Waals surface area contributed by atoms with E-state index in [0.717, 1.165) is 19.4 Å². The molecule has 2 fully saturated rings. The van der Waals surface area contributed by atoms with Crippen LogP contribution in [0.3, 0.4) is 0 Å². The van der Waals surface area contributed by atoms with Crippen molar-refractivity contribution in [3.8, 4) is 0 Å². The van der Waals surface area contributed by atoms with Crippen LogP contribution in [-0.2, 0) is 4.79 Å². The lowest BCUT2D eigenvalue weighted by atomic mass is 9.81. The second kappa shape index (κ2) is 5.09. The van der Waals surface area contributed by atoms with Gasteiger partial charge in [-0.1, -0.05) is 39.5 Å². The maximum atomic E-state index is 11.6. The van der Waals surface area contributed by atoms with Gasteiger partial charge < -0.3 is 9.69 Å². The molecule has 2 heteroatoms. The minimum atomic E-state index is -0.0169. The summed E-state index contributed by atoms with van der Waals surface area (Å²) in [6.07, 6.45) is 9.93. The lowest BCUT2D eigenvalue weighted by molar-refractivity contribution is -0.118. The Balaban J connectivity index is 1.96. The summed E-state index contributed by atoms with van der Waals surface area (Å²) in [6, 6.07) is 0. The van der Waals surface area contributed by atoms with Gasteiger partial charge in [-0.3, -0.25) is 0 Å². The van der Waals surface area contributed by atoms with Gasteiger partial charge in [0.1, 0.15) is 6.29 Å². The first-order valence-electron chi connectivity index (χ1n) is 7.24. The molecule has 0 aromatic rings. The highest BCUT2D eigenvalue weighted by atomic mass is 16.1. The lowest BCUT2D eigenvalue weighted by Crippen LogP contribution is -2.38. The molecule has 1 heterocycles. The first-order chi connectivity index (χ1) is 8.05. The zero-order chi connectivity index (χ0) is 12.4. The molecule has 0 amide bonds. The third-order valence-electron chi connectivity index (χ3n) is 4.64. The van der Waals surface area contributed by atoms with E-state index in [1.54, 1.807) is 0 Å². The number of carbonyl (C=O) groups is 1. The summed E-state index contributed by atoms with van der Waals surface area (Å²) in [6.45, 7) is 8.05. The number of carbonyl (C=O) groups excluding carboxylic acids is 1. The minimum Gasteiger partial charge on any atom is -0.303 e. The Morgan fingerprint density at radius 1 is 1.06 bits per heavy atom. The molecule has 0 radical (unpaired) electrons. The van der Waals surface area contributed by atoms with Crippen LogP contribution in [0.15, 0.2) is 0 Å². The van der Waals surface area contributed by atoms with Crippen LogP contribution in [0.4, 0.5) is 0 Å². The van der Waals surface area contributed by atoms with E-state index in [0.29, 0.717) is 5.41 Å². The van der Waals surface area contributed by atoms with Gasteiger partial charge in [0.25, 0.3) is 0 Å². The van der Waals surface area contributed by atoms with Crippen LogP contribution >= 0.6 is 0 Å². The van der Waals surface area contributed by atoms with Crippen LogP contribution < -0.4 is 0 Å². The molecule has 0 spiro atoms. The third-order valence-corrected chi connectivity index (χ3v) is 4.64. The van der Waals surface area contributed by atoms with E-state index < -0.39 is 0 Å². The first-order valence-corrected chi connectivity index (χ1v) is 7.24. The molecule has 17 heavy (non-hydrogen) atoms. The fourth-order valence-corrected chi connectivity index (χ4v) is 3.55. The Kier molecular flexibility index (Phi) is 3.92. The summed E-state index contributed by atoms with van der Waals surface area (Å²) in [4.78, 5) is 14.1. The van der Waals surface area contributed by atoms with Crippen molar-refractivity contribution < 1.29 is 4.79 Å². The maximum Gasteiger partial charge on any atom is 0.127 e. The van der Waals surface area contributed by atoms with Crippen LogP contribution in [-0.4, -0.2) is 30.8 Å². The van der Waals surface area contributed by atoms with Gasteiger partial charge in [-0.15, -0.1) is 0 Å². The molecule has 1 aliphatic carbocycles. The Labute approximate surface area is 106 Å². The van der Waals surface area contributed by atoms with E-state index >= 15 is 0 Å².